The molecule has 3 nitrogen and oxygen atoms in total. The number of rotatable bonds is 6. The molecule has 2 aromatic rings. The van der Waals surface area contributed by atoms with Gasteiger partial charge in [0.25, 0.3) is 0 Å². The first-order valence-electron chi connectivity index (χ1n) is 10.8. The van der Waals surface area contributed by atoms with Crippen LogP contribution in [0.1, 0.15) is 63.3 Å². The molecule has 0 aliphatic carbocycles. The molecular formula is C25H34F2N2O. The molecule has 5 heteroatoms. The molecule has 1 heterocycles. The number of benzene rings is 2. The first-order valence-corrected chi connectivity index (χ1v) is 10.8. The topological polar surface area (TPSA) is 15.7 Å². The van der Waals surface area contributed by atoms with Crippen molar-refractivity contribution in [2.75, 3.05) is 19.6 Å². The number of alkyl halides is 2. The molecule has 164 valence electrons. The van der Waals surface area contributed by atoms with Crippen LogP contribution in [-0.4, -0.2) is 41.6 Å². The van der Waals surface area contributed by atoms with Gasteiger partial charge in [-0.05, 0) is 55.5 Å². The zero-order valence-electron chi connectivity index (χ0n) is 18.7. The molecule has 1 aliphatic rings. The zero-order valence-corrected chi connectivity index (χ0v) is 18.7. The molecule has 0 saturated carbocycles. The molecule has 1 atom stereocenters. The van der Waals surface area contributed by atoms with Crippen LogP contribution in [0.2, 0.25) is 0 Å². The van der Waals surface area contributed by atoms with E-state index in [1.165, 1.54) is 11.1 Å². The van der Waals surface area contributed by atoms with E-state index in [4.69, 9.17) is 0 Å². The third-order valence-electron chi connectivity index (χ3n) is 5.86. The lowest BCUT2D eigenvalue weighted by Gasteiger charge is -2.49. The number of nitrogens with zero attached hydrogens (tertiary/aromatic N) is 2. The Hall–Kier alpha value is -1.98. The summed E-state index contributed by atoms with van der Waals surface area (Å²) in [6.07, 6.45) is 0. The summed E-state index contributed by atoms with van der Waals surface area (Å²) in [4.78, 5) is 5.08. The number of halogens is 2. The highest BCUT2D eigenvalue weighted by molar-refractivity contribution is 5.34. The van der Waals surface area contributed by atoms with Crippen LogP contribution in [-0.2, 0) is 6.54 Å². The third kappa shape index (κ3) is 5.58. The van der Waals surface area contributed by atoms with Crippen molar-refractivity contribution >= 4 is 0 Å². The lowest BCUT2D eigenvalue weighted by atomic mass is 9.88. The fourth-order valence-electron chi connectivity index (χ4n) is 4.43. The molecule has 1 aliphatic heterocycles. The van der Waals surface area contributed by atoms with E-state index in [1.54, 1.807) is 12.1 Å². The van der Waals surface area contributed by atoms with Gasteiger partial charge in [0.2, 0.25) is 0 Å². The van der Waals surface area contributed by atoms with Crippen molar-refractivity contribution in [3.05, 3.63) is 65.2 Å². The first-order chi connectivity index (χ1) is 14.1. The Morgan fingerprint density at radius 3 is 2.27 bits per heavy atom. The summed E-state index contributed by atoms with van der Waals surface area (Å²) in [5, 5.41) is 0. The van der Waals surface area contributed by atoms with E-state index < -0.39 is 6.61 Å². The summed E-state index contributed by atoms with van der Waals surface area (Å²) in [6, 6.07) is 16.1. The molecule has 0 N–H and O–H groups in total. The number of piperazine rings is 1. The predicted molar refractivity (Wildman–Crippen MR) is 118 cm³/mol. The highest BCUT2D eigenvalue weighted by Gasteiger charge is 2.35. The molecule has 0 amide bonds. The molecule has 2 aromatic carbocycles. The van der Waals surface area contributed by atoms with E-state index in [-0.39, 0.29) is 11.3 Å². The van der Waals surface area contributed by atoms with Gasteiger partial charge in [-0.3, -0.25) is 9.80 Å². The Bertz CT molecular complexity index is 815. The Morgan fingerprint density at radius 2 is 1.67 bits per heavy atom. The maximum absolute atomic E-state index is 12.4. The zero-order chi connectivity index (χ0) is 21.9. The average Bonchev–Trinajstić information content (AvgIpc) is 2.68. The van der Waals surface area contributed by atoms with E-state index in [0.717, 1.165) is 31.7 Å². The Balaban J connectivity index is 1.80. The Labute approximate surface area is 179 Å². The second-order valence-corrected chi connectivity index (χ2v) is 9.42. The molecular weight excluding hydrogens is 382 g/mol. The minimum absolute atomic E-state index is 0.0785. The maximum atomic E-state index is 12.4. The van der Waals surface area contributed by atoms with Crippen molar-refractivity contribution in [2.45, 2.75) is 65.3 Å². The second kappa shape index (κ2) is 9.44. The molecule has 0 bridgehead atoms. The Morgan fingerprint density at radius 1 is 1.00 bits per heavy atom. The van der Waals surface area contributed by atoms with Crippen molar-refractivity contribution < 1.29 is 13.5 Å². The van der Waals surface area contributed by atoms with Crippen molar-refractivity contribution in [3.8, 4) is 5.75 Å². The maximum Gasteiger partial charge on any atom is 0.387 e. The molecule has 0 radical (unpaired) electrons. The summed E-state index contributed by atoms with van der Waals surface area (Å²) in [5.74, 6) is 0.677. The van der Waals surface area contributed by atoms with Crippen LogP contribution in [0.25, 0.3) is 0 Å². The largest absolute Gasteiger partial charge is 0.435 e. The predicted octanol–water partition coefficient (Wildman–Crippen LogP) is 6.07. The highest BCUT2D eigenvalue weighted by Crippen LogP contribution is 2.36. The Kier molecular flexibility index (Phi) is 7.14. The van der Waals surface area contributed by atoms with Gasteiger partial charge in [-0.25, -0.2) is 0 Å². The van der Waals surface area contributed by atoms with Crippen LogP contribution in [0.4, 0.5) is 8.78 Å². The monoisotopic (exact) mass is 416 g/mol. The minimum Gasteiger partial charge on any atom is -0.435 e. The number of hydrogen-bond donors (Lipinski definition) is 0. The van der Waals surface area contributed by atoms with Crippen molar-refractivity contribution in [2.24, 2.45) is 0 Å². The van der Waals surface area contributed by atoms with Gasteiger partial charge in [0, 0.05) is 37.8 Å². The average molecular weight is 417 g/mol. The van der Waals surface area contributed by atoms with Crippen LogP contribution in [0.15, 0.2) is 48.5 Å². The van der Waals surface area contributed by atoms with Gasteiger partial charge in [-0.15, -0.1) is 0 Å². The molecule has 1 unspecified atom stereocenters. The van der Waals surface area contributed by atoms with E-state index in [2.05, 4.69) is 73.4 Å². The summed E-state index contributed by atoms with van der Waals surface area (Å²) < 4.78 is 29.2. The molecule has 0 aromatic heterocycles. The number of ether oxygens (including phenoxy) is 1. The molecule has 0 spiro atoms. The molecule has 1 fully saturated rings. The van der Waals surface area contributed by atoms with Crippen molar-refractivity contribution in [3.63, 3.8) is 0 Å². The van der Waals surface area contributed by atoms with Crippen LogP contribution in [0.5, 0.6) is 5.75 Å². The molecule has 30 heavy (non-hydrogen) atoms. The smallest absolute Gasteiger partial charge is 0.387 e. The normalized spacial score (nSPS) is 18.9. The van der Waals surface area contributed by atoms with Gasteiger partial charge in [0.15, 0.2) is 0 Å². The van der Waals surface area contributed by atoms with Gasteiger partial charge in [0.05, 0.1) is 0 Å². The lowest BCUT2D eigenvalue weighted by molar-refractivity contribution is -0.0498. The lowest BCUT2D eigenvalue weighted by Crippen LogP contribution is -2.55. The highest BCUT2D eigenvalue weighted by atomic mass is 19.3. The van der Waals surface area contributed by atoms with Gasteiger partial charge >= 0.3 is 6.61 Å². The summed E-state index contributed by atoms with van der Waals surface area (Å²) >= 11 is 0. The SMILES string of the molecule is CC(C)c1ccccc1C1CN(Cc2ccc(OC(F)F)cc2)CCN1C(C)(C)C. The summed E-state index contributed by atoms with van der Waals surface area (Å²) in [7, 11) is 0. The number of hydrogen-bond acceptors (Lipinski definition) is 3. The molecule has 1 saturated heterocycles. The van der Waals surface area contributed by atoms with Gasteiger partial charge in [0.1, 0.15) is 5.75 Å². The van der Waals surface area contributed by atoms with E-state index in [9.17, 15) is 8.78 Å². The van der Waals surface area contributed by atoms with E-state index in [0.29, 0.717) is 12.0 Å². The van der Waals surface area contributed by atoms with Gasteiger partial charge in [-0.1, -0.05) is 50.2 Å². The fourth-order valence-corrected chi connectivity index (χ4v) is 4.43. The minimum atomic E-state index is -2.79. The standard InChI is InChI=1S/C25H34F2N2O/c1-18(2)21-8-6-7-9-22(21)23-17-28(14-15-29(23)25(3,4)5)16-19-10-12-20(13-11-19)30-24(26)27/h6-13,18,23-24H,14-17H2,1-5H3. The van der Waals surface area contributed by atoms with Crippen LogP contribution < -0.4 is 4.74 Å². The van der Waals surface area contributed by atoms with Crippen LogP contribution in [0.3, 0.4) is 0 Å². The van der Waals surface area contributed by atoms with Gasteiger partial charge in [-0.2, -0.15) is 8.78 Å². The van der Waals surface area contributed by atoms with E-state index in [1.807, 2.05) is 12.1 Å². The summed E-state index contributed by atoms with van der Waals surface area (Å²) in [6.45, 7) is 12.3. The van der Waals surface area contributed by atoms with Crippen LogP contribution >= 0.6 is 0 Å². The summed E-state index contributed by atoms with van der Waals surface area (Å²) in [5.41, 5.74) is 4.01. The van der Waals surface area contributed by atoms with Gasteiger partial charge < -0.3 is 4.74 Å². The molecule has 3 rings (SSSR count). The fraction of sp³-hybridized carbons (Fsp3) is 0.520. The second-order valence-electron chi connectivity index (χ2n) is 9.42. The quantitative estimate of drug-likeness (QED) is 0.568. The van der Waals surface area contributed by atoms with E-state index >= 15 is 0 Å². The first kappa shape index (κ1) is 22.7. The van der Waals surface area contributed by atoms with Crippen LogP contribution in [0, 0.1) is 0 Å². The van der Waals surface area contributed by atoms with Crippen molar-refractivity contribution in [1.29, 1.82) is 0 Å². The van der Waals surface area contributed by atoms with Crippen molar-refractivity contribution in [1.82, 2.24) is 9.80 Å². The third-order valence-corrected chi connectivity index (χ3v) is 5.86.